The lowest BCUT2D eigenvalue weighted by Gasteiger charge is -2.46. The molecule has 2 aromatic heterocycles. The van der Waals surface area contributed by atoms with Gasteiger partial charge in [-0.2, -0.15) is 0 Å². The van der Waals surface area contributed by atoms with Crippen LogP contribution < -0.4 is 4.74 Å². The quantitative estimate of drug-likeness (QED) is 0.620. The first-order chi connectivity index (χ1) is 15.3. The number of methoxy groups -OCH3 is 1. The lowest BCUT2D eigenvalue weighted by atomic mass is 9.98. The van der Waals surface area contributed by atoms with Crippen LogP contribution in [0.4, 0.5) is 4.39 Å². The normalized spacial score (nSPS) is 15.5. The van der Waals surface area contributed by atoms with Gasteiger partial charge in [-0.15, -0.1) is 5.10 Å². The molecule has 9 nitrogen and oxygen atoms in total. The maximum atomic E-state index is 13.5. The number of aromatic nitrogens is 4. The Hall–Kier alpha value is -3.82. The zero-order chi connectivity index (χ0) is 22.9. The largest absolute Gasteiger partial charge is 0.481 e. The fourth-order valence-electron chi connectivity index (χ4n) is 3.74. The van der Waals surface area contributed by atoms with Crippen LogP contribution in [-0.4, -0.2) is 73.6 Å². The summed E-state index contributed by atoms with van der Waals surface area (Å²) in [5.74, 6) is -0.604. The van der Waals surface area contributed by atoms with E-state index in [4.69, 9.17) is 4.74 Å². The number of hydrogen-bond acceptors (Lipinski definition) is 6. The zero-order valence-corrected chi connectivity index (χ0v) is 18.0. The van der Waals surface area contributed by atoms with Gasteiger partial charge in [-0.05, 0) is 38.1 Å². The molecule has 0 radical (unpaired) electrons. The SMILES string of the molecule is COc1cccc(C(=O)N2CCN(C(=O)c3ncn(-c4cccc(F)c4)n3)C(C)(C)C2)n1. The molecule has 0 atom stereocenters. The van der Waals surface area contributed by atoms with E-state index in [9.17, 15) is 14.0 Å². The minimum atomic E-state index is -0.659. The van der Waals surface area contributed by atoms with Crippen molar-refractivity contribution < 1.29 is 18.7 Å². The molecule has 3 heterocycles. The second-order valence-corrected chi connectivity index (χ2v) is 8.05. The Balaban J connectivity index is 1.49. The van der Waals surface area contributed by atoms with E-state index in [0.717, 1.165) is 0 Å². The number of rotatable bonds is 4. The van der Waals surface area contributed by atoms with Crippen molar-refractivity contribution >= 4 is 11.8 Å². The highest BCUT2D eigenvalue weighted by Crippen LogP contribution is 2.24. The number of halogens is 1. The van der Waals surface area contributed by atoms with Crippen molar-refractivity contribution in [2.75, 3.05) is 26.7 Å². The van der Waals surface area contributed by atoms with Crippen molar-refractivity contribution in [2.45, 2.75) is 19.4 Å². The number of piperazine rings is 1. The topological polar surface area (TPSA) is 93.5 Å². The van der Waals surface area contributed by atoms with Gasteiger partial charge in [0.1, 0.15) is 17.8 Å². The van der Waals surface area contributed by atoms with Gasteiger partial charge in [-0.3, -0.25) is 9.59 Å². The molecule has 0 spiro atoms. The maximum Gasteiger partial charge on any atom is 0.294 e. The standard InChI is InChI=1S/C22H23FN6O3/c1-22(2)13-27(20(30)17-8-5-9-18(25-17)32-3)10-11-28(22)21(31)19-24-14-29(26-19)16-7-4-6-15(23)12-16/h4-9,12,14H,10-11,13H2,1-3H3. The Bertz CT molecular complexity index is 1160. The molecule has 1 fully saturated rings. The van der Waals surface area contributed by atoms with Crippen LogP contribution in [0.15, 0.2) is 48.8 Å². The summed E-state index contributed by atoms with van der Waals surface area (Å²) in [4.78, 5) is 37.7. The first kappa shape index (κ1) is 21.4. The van der Waals surface area contributed by atoms with Gasteiger partial charge < -0.3 is 14.5 Å². The number of amides is 2. The van der Waals surface area contributed by atoms with Gasteiger partial charge in [0.25, 0.3) is 11.8 Å². The summed E-state index contributed by atoms with van der Waals surface area (Å²) in [5.41, 5.74) is 0.0983. The van der Waals surface area contributed by atoms with E-state index in [1.165, 1.54) is 30.3 Å². The molecular formula is C22H23FN6O3. The van der Waals surface area contributed by atoms with Crippen molar-refractivity contribution in [2.24, 2.45) is 0 Å². The van der Waals surface area contributed by atoms with Crippen LogP contribution in [0.5, 0.6) is 5.88 Å². The number of nitrogens with zero attached hydrogens (tertiary/aromatic N) is 6. The molecule has 2 amide bonds. The summed E-state index contributed by atoms with van der Waals surface area (Å²) < 4.78 is 20.0. The van der Waals surface area contributed by atoms with Crippen molar-refractivity contribution in [3.63, 3.8) is 0 Å². The molecule has 3 aromatic rings. The van der Waals surface area contributed by atoms with Crippen LogP contribution in [0.25, 0.3) is 5.69 Å². The average molecular weight is 438 g/mol. The summed E-state index contributed by atoms with van der Waals surface area (Å²) in [6, 6.07) is 10.9. The van der Waals surface area contributed by atoms with Gasteiger partial charge in [0, 0.05) is 25.7 Å². The molecule has 0 N–H and O–H groups in total. The summed E-state index contributed by atoms with van der Waals surface area (Å²) in [6.45, 7) is 4.74. The van der Waals surface area contributed by atoms with Crippen molar-refractivity contribution in [3.05, 3.63) is 66.1 Å². The number of carbonyl (C=O) groups is 2. The highest BCUT2D eigenvalue weighted by molar-refractivity contribution is 5.94. The number of pyridine rings is 1. The number of carbonyl (C=O) groups excluding carboxylic acids is 2. The van der Waals surface area contributed by atoms with E-state index in [-0.39, 0.29) is 23.3 Å². The Morgan fingerprint density at radius 2 is 1.88 bits per heavy atom. The van der Waals surface area contributed by atoms with E-state index in [1.807, 2.05) is 13.8 Å². The van der Waals surface area contributed by atoms with Gasteiger partial charge in [-0.25, -0.2) is 19.0 Å². The van der Waals surface area contributed by atoms with Crippen LogP contribution in [0.3, 0.4) is 0 Å². The minimum Gasteiger partial charge on any atom is -0.481 e. The second-order valence-electron chi connectivity index (χ2n) is 8.05. The van der Waals surface area contributed by atoms with Crippen molar-refractivity contribution in [1.29, 1.82) is 0 Å². The molecule has 10 heteroatoms. The molecule has 1 aliphatic rings. The molecule has 32 heavy (non-hydrogen) atoms. The fourth-order valence-corrected chi connectivity index (χ4v) is 3.74. The lowest BCUT2D eigenvalue weighted by molar-refractivity contribution is 0.0158. The van der Waals surface area contributed by atoms with E-state index < -0.39 is 11.4 Å². The van der Waals surface area contributed by atoms with Crippen molar-refractivity contribution in [3.8, 4) is 11.6 Å². The van der Waals surface area contributed by atoms with Crippen LogP contribution >= 0.6 is 0 Å². The van der Waals surface area contributed by atoms with E-state index >= 15 is 0 Å². The Morgan fingerprint density at radius 3 is 2.59 bits per heavy atom. The molecule has 1 aromatic carbocycles. The van der Waals surface area contributed by atoms with Gasteiger partial charge in [-0.1, -0.05) is 12.1 Å². The molecule has 0 saturated carbocycles. The van der Waals surface area contributed by atoms with Crippen LogP contribution in [0.2, 0.25) is 0 Å². The predicted octanol–water partition coefficient (Wildman–Crippen LogP) is 2.19. The highest BCUT2D eigenvalue weighted by Gasteiger charge is 2.40. The zero-order valence-electron chi connectivity index (χ0n) is 18.0. The summed E-state index contributed by atoms with van der Waals surface area (Å²) in [5, 5.41) is 4.23. The van der Waals surface area contributed by atoms with Gasteiger partial charge >= 0.3 is 0 Å². The molecule has 4 rings (SSSR count). The van der Waals surface area contributed by atoms with Gasteiger partial charge in [0.15, 0.2) is 0 Å². The van der Waals surface area contributed by atoms with E-state index in [1.54, 1.807) is 40.1 Å². The summed E-state index contributed by atoms with van der Waals surface area (Å²) in [6.07, 6.45) is 1.38. The minimum absolute atomic E-state index is 0.0107. The third-order valence-electron chi connectivity index (χ3n) is 5.34. The van der Waals surface area contributed by atoms with Gasteiger partial charge in [0.2, 0.25) is 11.7 Å². The average Bonchev–Trinajstić information content (AvgIpc) is 3.28. The molecule has 0 bridgehead atoms. The van der Waals surface area contributed by atoms with E-state index in [0.29, 0.717) is 31.2 Å². The first-order valence-electron chi connectivity index (χ1n) is 10.1. The third kappa shape index (κ3) is 4.16. The molecule has 0 aliphatic carbocycles. The fraction of sp³-hybridized carbons (Fsp3) is 0.318. The van der Waals surface area contributed by atoms with Crippen LogP contribution in [-0.2, 0) is 0 Å². The monoisotopic (exact) mass is 438 g/mol. The molecule has 1 saturated heterocycles. The first-order valence-corrected chi connectivity index (χ1v) is 10.1. The molecule has 0 unspecified atom stereocenters. The highest BCUT2D eigenvalue weighted by atomic mass is 19.1. The second kappa shape index (κ2) is 8.37. The Kier molecular flexibility index (Phi) is 5.60. The molecule has 166 valence electrons. The number of hydrogen-bond donors (Lipinski definition) is 0. The third-order valence-corrected chi connectivity index (χ3v) is 5.34. The lowest BCUT2D eigenvalue weighted by Crippen LogP contribution is -2.62. The number of benzene rings is 1. The predicted molar refractivity (Wildman–Crippen MR) is 113 cm³/mol. The Labute approximate surface area is 184 Å². The van der Waals surface area contributed by atoms with Crippen molar-refractivity contribution in [1.82, 2.24) is 29.5 Å². The molecular weight excluding hydrogens is 415 g/mol. The van der Waals surface area contributed by atoms with Gasteiger partial charge in [0.05, 0.1) is 18.3 Å². The van der Waals surface area contributed by atoms with Crippen LogP contribution in [0, 0.1) is 5.82 Å². The summed E-state index contributed by atoms with van der Waals surface area (Å²) >= 11 is 0. The maximum absolute atomic E-state index is 13.5. The van der Waals surface area contributed by atoms with E-state index in [2.05, 4.69) is 15.1 Å². The Morgan fingerprint density at radius 1 is 1.09 bits per heavy atom. The number of ether oxygens (including phenoxy) is 1. The summed E-state index contributed by atoms with van der Waals surface area (Å²) in [7, 11) is 1.49. The molecule has 1 aliphatic heterocycles. The smallest absolute Gasteiger partial charge is 0.294 e. The van der Waals surface area contributed by atoms with Crippen LogP contribution in [0.1, 0.15) is 35.0 Å².